The zero-order chi connectivity index (χ0) is 10.6. The van der Waals surface area contributed by atoms with E-state index in [1.165, 1.54) is 18.2 Å². The lowest BCUT2D eigenvalue weighted by molar-refractivity contribution is -0.116. The van der Waals surface area contributed by atoms with Crippen LogP contribution in [0.15, 0.2) is 18.2 Å². The van der Waals surface area contributed by atoms with Gasteiger partial charge in [-0.25, -0.2) is 4.39 Å². The van der Waals surface area contributed by atoms with Gasteiger partial charge in [-0.2, -0.15) is 5.26 Å². The minimum Gasteiger partial charge on any atom is -0.298 e. The fourth-order valence-electron chi connectivity index (χ4n) is 1.09. The van der Waals surface area contributed by atoms with Crippen LogP contribution in [0.1, 0.15) is 11.1 Å². The van der Waals surface area contributed by atoms with Crippen LogP contribution in [0, 0.1) is 17.1 Å². The monoisotopic (exact) mass is 211 g/mol. The van der Waals surface area contributed by atoms with Gasteiger partial charge in [-0.15, -0.1) is 11.6 Å². The van der Waals surface area contributed by atoms with E-state index in [4.69, 9.17) is 16.9 Å². The number of nitriles is 1. The number of Topliss-reactive ketones (excluding diaryl/α,β-unsaturated/α-hetero) is 1. The summed E-state index contributed by atoms with van der Waals surface area (Å²) in [6, 6.07) is 5.96. The zero-order valence-electron chi connectivity index (χ0n) is 7.26. The number of alkyl halides is 1. The predicted octanol–water partition coefficient (Wildman–Crippen LogP) is 2.05. The maximum atomic E-state index is 13.2. The molecule has 0 N–H and O–H groups in total. The molecule has 0 aliphatic heterocycles. The van der Waals surface area contributed by atoms with Gasteiger partial charge in [0.2, 0.25) is 0 Å². The number of carbonyl (C=O) groups is 1. The van der Waals surface area contributed by atoms with E-state index < -0.39 is 5.82 Å². The summed E-state index contributed by atoms with van der Waals surface area (Å²) in [6.07, 6.45) is -0.126. The molecule has 0 bridgehead atoms. The third-order valence-electron chi connectivity index (χ3n) is 1.76. The molecule has 4 heteroatoms. The molecule has 1 rings (SSSR count). The Balaban J connectivity index is 3.06. The number of ketones is 1. The van der Waals surface area contributed by atoms with Crippen LogP contribution >= 0.6 is 11.6 Å². The summed E-state index contributed by atoms with van der Waals surface area (Å²) in [4.78, 5) is 11.0. The summed E-state index contributed by atoms with van der Waals surface area (Å²) >= 11 is 5.29. The highest BCUT2D eigenvalue weighted by Gasteiger charge is 2.11. The fraction of sp³-hybridized carbons (Fsp3) is 0.200. The Morgan fingerprint density at radius 2 is 2.29 bits per heavy atom. The van der Waals surface area contributed by atoms with Gasteiger partial charge in [0.05, 0.1) is 17.5 Å². The van der Waals surface area contributed by atoms with E-state index in [0.717, 1.165) is 0 Å². The first kappa shape index (κ1) is 10.7. The molecule has 0 radical (unpaired) electrons. The molecule has 0 aliphatic rings. The third kappa shape index (κ3) is 2.30. The number of hydrogen-bond donors (Lipinski definition) is 0. The van der Waals surface area contributed by atoms with Crippen LogP contribution in [0.25, 0.3) is 0 Å². The van der Waals surface area contributed by atoms with Gasteiger partial charge in [0.15, 0.2) is 5.78 Å². The summed E-state index contributed by atoms with van der Waals surface area (Å²) in [7, 11) is 0. The molecule has 1 aromatic carbocycles. The van der Waals surface area contributed by atoms with Crippen LogP contribution in [0.4, 0.5) is 4.39 Å². The van der Waals surface area contributed by atoms with Crippen molar-refractivity contribution < 1.29 is 9.18 Å². The molecule has 2 nitrogen and oxygen atoms in total. The Labute approximate surface area is 85.9 Å². The SMILES string of the molecule is N#Cc1cccc(F)c1CC(=O)CCl. The van der Waals surface area contributed by atoms with E-state index in [2.05, 4.69) is 0 Å². The van der Waals surface area contributed by atoms with E-state index in [1.54, 1.807) is 0 Å². The molecule has 0 atom stereocenters. The first-order valence-electron chi connectivity index (χ1n) is 3.94. The van der Waals surface area contributed by atoms with Crippen molar-refractivity contribution in [3.8, 4) is 6.07 Å². The summed E-state index contributed by atoms with van der Waals surface area (Å²) < 4.78 is 13.2. The van der Waals surface area contributed by atoms with E-state index in [9.17, 15) is 9.18 Å². The summed E-state index contributed by atoms with van der Waals surface area (Å²) in [5.74, 6) is -1.00. The minimum absolute atomic E-state index is 0.126. The second-order valence-electron chi connectivity index (χ2n) is 2.73. The van der Waals surface area contributed by atoms with Gasteiger partial charge in [0, 0.05) is 12.0 Å². The molecule has 1 aromatic rings. The normalized spacial score (nSPS) is 9.50. The number of hydrogen-bond acceptors (Lipinski definition) is 2. The van der Waals surface area contributed by atoms with Crippen molar-refractivity contribution in [2.24, 2.45) is 0 Å². The minimum atomic E-state index is -0.539. The average molecular weight is 212 g/mol. The number of benzene rings is 1. The van der Waals surface area contributed by atoms with Crippen LogP contribution in [0.3, 0.4) is 0 Å². The van der Waals surface area contributed by atoms with Crippen LogP contribution in [0.5, 0.6) is 0 Å². The Morgan fingerprint density at radius 1 is 1.57 bits per heavy atom. The third-order valence-corrected chi connectivity index (χ3v) is 2.06. The standard InChI is InChI=1S/C10H7ClFNO/c11-5-8(14)4-9-7(6-13)2-1-3-10(9)12/h1-3H,4-5H2. The van der Waals surface area contributed by atoms with Crippen molar-refractivity contribution in [1.29, 1.82) is 5.26 Å². The van der Waals surface area contributed by atoms with E-state index in [-0.39, 0.29) is 29.2 Å². The topological polar surface area (TPSA) is 40.9 Å². The van der Waals surface area contributed by atoms with E-state index in [0.29, 0.717) is 0 Å². The van der Waals surface area contributed by atoms with Crippen molar-refractivity contribution in [3.63, 3.8) is 0 Å². The van der Waals surface area contributed by atoms with E-state index in [1.807, 2.05) is 6.07 Å². The van der Waals surface area contributed by atoms with Gasteiger partial charge in [0.1, 0.15) is 5.82 Å². The molecular weight excluding hydrogens is 205 g/mol. The Kier molecular flexibility index (Phi) is 3.61. The lowest BCUT2D eigenvalue weighted by Gasteiger charge is -2.02. The van der Waals surface area contributed by atoms with Gasteiger partial charge in [-0.1, -0.05) is 6.07 Å². The van der Waals surface area contributed by atoms with Gasteiger partial charge in [0.25, 0.3) is 0 Å². The largest absolute Gasteiger partial charge is 0.298 e. The molecule has 0 amide bonds. The molecule has 14 heavy (non-hydrogen) atoms. The molecule has 0 saturated carbocycles. The van der Waals surface area contributed by atoms with Crippen LogP contribution in [0.2, 0.25) is 0 Å². The molecule has 0 aliphatic carbocycles. The number of nitrogens with zero attached hydrogens (tertiary/aromatic N) is 1. The Hall–Kier alpha value is -1.40. The van der Waals surface area contributed by atoms with Gasteiger partial charge in [-0.05, 0) is 12.1 Å². The average Bonchev–Trinajstić information content (AvgIpc) is 2.20. The molecule has 0 heterocycles. The molecule has 0 saturated heterocycles. The smallest absolute Gasteiger partial charge is 0.152 e. The van der Waals surface area contributed by atoms with Crippen molar-refractivity contribution in [1.82, 2.24) is 0 Å². The van der Waals surface area contributed by atoms with Gasteiger partial charge in [-0.3, -0.25) is 4.79 Å². The summed E-state index contributed by atoms with van der Waals surface area (Å²) in [6.45, 7) is 0. The highest BCUT2D eigenvalue weighted by molar-refractivity contribution is 6.27. The maximum Gasteiger partial charge on any atom is 0.152 e. The molecule has 0 fully saturated rings. The van der Waals surface area contributed by atoms with Crippen molar-refractivity contribution in [2.75, 3.05) is 5.88 Å². The first-order chi connectivity index (χ1) is 6.69. The van der Waals surface area contributed by atoms with E-state index >= 15 is 0 Å². The zero-order valence-corrected chi connectivity index (χ0v) is 8.01. The summed E-state index contributed by atoms with van der Waals surface area (Å²) in [5.41, 5.74) is 0.309. The van der Waals surface area contributed by atoms with Gasteiger partial charge >= 0.3 is 0 Å². The molecular formula is C10H7ClFNO. The molecule has 0 unspecified atom stereocenters. The lowest BCUT2D eigenvalue weighted by atomic mass is 10.0. The molecule has 0 spiro atoms. The quantitative estimate of drug-likeness (QED) is 0.718. The highest BCUT2D eigenvalue weighted by Crippen LogP contribution is 2.13. The second kappa shape index (κ2) is 4.73. The predicted molar refractivity (Wildman–Crippen MR) is 50.5 cm³/mol. The van der Waals surface area contributed by atoms with Crippen LogP contribution in [-0.2, 0) is 11.2 Å². The molecule has 72 valence electrons. The lowest BCUT2D eigenvalue weighted by Crippen LogP contribution is -2.07. The maximum absolute atomic E-state index is 13.2. The molecule has 0 aromatic heterocycles. The van der Waals surface area contributed by atoms with Crippen molar-refractivity contribution in [2.45, 2.75) is 6.42 Å². The van der Waals surface area contributed by atoms with Crippen LogP contribution in [-0.4, -0.2) is 11.7 Å². The Bertz CT molecular complexity index is 398. The van der Waals surface area contributed by atoms with Crippen LogP contribution < -0.4 is 0 Å². The number of halogens is 2. The Morgan fingerprint density at radius 3 is 2.86 bits per heavy atom. The first-order valence-corrected chi connectivity index (χ1v) is 4.47. The summed E-state index contributed by atoms with van der Waals surface area (Å²) in [5, 5.41) is 8.67. The van der Waals surface area contributed by atoms with Gasteiger partial charge < -0.3 is 0 Å². The highest BCUT2D eigenvalue weighted by atomic mass is 35.5. The second-order valence-corrected chi connectivity index (χ2v) is 2.99. The number of rotatable bonds is 3. The number of carbonyl (C=O) groups excluding carboxylic acids is 1. The fourth-order valence-corrected chi connectivity index (χ4v) is 1.18. The van der Waals surface area contributed by atoms with Crippen molar-refractivity contribution in [3.05, 3.63) is 35.1 Å². The van der Waals surface area contributed by atoms with Crippen molar-refractivity contribution >= 4 is 17.4 Å².